The summed E-state index contributed by atoms with van der Waals surface area (Å²) in [4.78, 5) is 28.7. The van der Waals surface area contributed by atoms with Gasteiger partial charge in [0.05, 0.1) is 23.3 Å². The predicted octanol–water partition coefficient (Wildman–Crippen LogP) is 1.39. The highest BCUT2D eigenvalue weighted by atomic mass is 16.5. The lowest BCUT2D eigenvalue weighted by molar-refractivity contribution is -0.121. The second-order valence-electron chi connectivity index (χ2n) is 5.90. The molecule has 1 saturated heterocycles. The van der Waals surface area contributed by atoms with Gasteiger partial charge in [-0.25, -0.2) is 4.98 Å². The van der Waals surface area contributed by atoms with Crippen LogP contribution in [0.1, 0.15) is 24.8 Å². The van der Waals surface area contributed by atoms with Crippen molar-refractivity contribution in [2.45, 2.75) is 38.8 Å². The zero-order valence-electron chi connectivity index (χ0n) is 13.2. The molecule has 6 nitrogen and oxygen atoms in total. The van der Waals surface area contributed by atoms with Gasteiger partial charge in [-0.1, -0.05) is 12.1 Å². The number of carbonyl (C=O) groups excluding carboxylic acids is 1. The van der Waals surface area contributed by atoms with Gasteiger partial charge >= 0.3 is 0 Å². The fourth-order valence-electron chi connectivity index (χ4n) is 2.84. The molecule has 1 fully saturated rings. The number of rotatable bonds is 5. The second kappa shape index (κ2) is 6.91. The van der Waals surface area contributed by atoms with E-state index in [4.69, 9.17) is 4.74 Å². The van der Waals surface area contributed by atoms with Crippen LogP contribution in [-0.2, 0) is 16.1 Å². The molecule has 0 unspecified atom stereocenters. The first-order chi connectivity index (χ1) is 11.1. The monoisotopic (exact) mass is 315 g/mol. The van der Waals surface area contributed by atoms with Crippen LogP contribution in [0.5, 0.6) is 0 Å². The molecule has 0 saturated carbocycles. The standard InChI is InChI=1S/C17H21N3O3/c1-12-4-2-6-14-16(12)19-11-20(17(14)22)8-7-15(21)18-10-13-5-3-9-23-13/h2,4,6,11,13H,3,5,7-10H2,1H3,(H,18,21)/t13-/m0/s1. The summed E-state index contributed by atoms with van der Waals surface area (Å²) in [7, 11) is 0. The van der Waals surface area contributed by atoms with E-state index >= 15 is 0 Å². The van der Waals surface area contributed by atoms with Crippen LogP contribution in [0.15, 0.2) is 29.3 Å². The lowest BCUT2D eigenvalue weighted by Gasteiger charge is -2.11. The van der Waals surface area contributed by atoms with Crippen LogP contribution in [0.3, 0.4) is 0 Å². The predicted molar refractivity (Wildman–Crippen MR) is 87.3 cm³/mol. The SMILES string of the molecule is Cc1cccc2c(=O)n(CCC(=O)NC[C@@H]3CCCO3)cnc12. The van der Waals surface area contributed by atoms with Crippen LogP contribution < -0.4 is 10.9 Å². The third kappa shape index (κ3) is 3.59. The smallest absolute Gasteiger partial charge is 0.261 e. The molecule has 1 N–H and O–H groups in total. The Balaban J connectivity index is 1.61. The second-order valence-corrected chi connectivity index (χ2v) is 5.90. The molecule has 1 amide bonds. The Morgan fingerprint density at radius 3 is 3.13 bits per heavy atom. The van der Waals surface area contributed by atoms with Gasteiger partial charge in [-0.05, 0) is 31.4 Å². The van der Waals surface area contributed by atoms with Gasteiger partial charge in [-0.15, -0.1) is 0 Å². The van der Waals surface area contributed by atoms with Gasteiger partial charge in [0.15, 0.2) is 0 Å². The van der Waals surface area contributed by atoms with Crippen molar-refractivity contribution in [2.24, 2.45) is 0 Å². The number of carbonyl (C=O) groups is 1. The van der Waals surface area contributed by atoms with Gasteiger partial charge < -0.3 is 10.1 Å². The summed E-state index contributed by atoms with van der Waals surface area (Å²) in [6.07, 6.45) is 3.95. The van der Waals surface area contributed by atoms with Crippen molar-refractivity contribution in [3.05, 3.63) is 40.4 Å². The van der Waals surface area contributed by atoms with Crippen LogP contribution in [0.4, 0.5) is 0 Å². The summed E-state index contributed by atoms with van der Waals surface area (Å²) in [5.74, 6) is -0.0725. The van der Waals surface area contributed by atoms with E-state index in [2.05, 4.69) is 10.3 Å². The maximum Gasteiger partial charge on any atom is 0.261 e. The maximum absolute atomic E-state index is 12.4. The number of aromatic nitrogens is 2. The largest absolute Gasteiger partial charge is 0.376 e. The Morgan fingerprint density at radius 1 is 1.48 bits per heavy atom. The zero-order chi connectivity index (χ0) is 16.2. The van der Waals surface area contributed by atoms with Crippen molar-refractivity contribution in [3.8, 4) is 0 Å². The normalized spacial score (nSPS) is 17.5. The van der Waals surface area contributed by atoms with Crippen LogP contribution in [0.2, 0.25) is 0 Å². The molecular weight excluding hydrogens is 294 g/mol. The van der Waals surface area contributed by atoms with Crippen molar-refractivity contribution in [1.82, 2.24) is 14.9 Å². The molecule has 2 heterocycles. The van der Waals surface area contributed by atoms with Gasteiger partial charge in [0.2, 0.25) is 5.91 Å². The third-order valence-corrected chi connectivity index (χ3v) is 4.19. The van der Waals surface area contributed by atoms with E-state index in [0.717, 1.165) is 30.5 Å². The highest BCUT2D eigenvalue weighted by Crippen LogP contribution is 2.12. The first-order valence-corrected chi connectivity index (χ1v) is 7.98. The molecule has 6 heteroatoms. The van der Waals surface area contributed by atoms with E-state index in [-0.39, 0.29) is 24.0 Å². The van der Waals surface area contributed by atoms with E-state index in [9.17, 15) is 9.59 Å². The Kier molecular flexibility index (Phi) is 4.71. The van der Waals surface area contributed by atoms with Crippen molar-refractivity contribution in [3.63, 3.8) is 0 Å². The lowest BCUT2D eigenvalue weighted by atomic mass is 10.1. The fraction of sp³-hybridized carbons (Fsp3) is 0.471. The van der Waals surface area contributed by atoms with Crippen LogP contribution in [-0.4, -0.2) is 34.7 Å². The molecule has 122 valence electrons. The average molecular weight is 315 g/mol. The van der Waals surface area contributed by atoms with Gasteiger partial charge in [0, 0.05) is 26.1 Å². The minimum Gasteiger partial charge on any atom is -0.376 e. The molecule has 1 aromatic carbocycles. The first kappa shape index (κ1) is 15.7. The topological polar surface area (TPSA) is 73.2 Å². The van der Waals surface area contributed by atoms with Gasteiger partial charge in [-0.3, -0.25) is 14.2 Å². The van der Waals surface area contributed by atoms with E-state index < -0.39 is 0 Å². The molecular formula is C17H21N3O3. The summed E-state index contributed by atoms with van der Waals surface area (Å²) < 4.78 is 6.96. The molecule has 1 atom stereocenters. The molecule has 1 aliphatic heterocycles. The van der Waals surface area contributed by atoms with Gasteiger partial charge in [0.25, 0.3) is 5.56 Å². The van der Waals surface area contributed by atoms with Gasteiger partial charge in [0.1, 0.15) is 0 Å². The number of nitrogens with one attached hydrogen (secondary N) is 1. The molecule has 0 radical (unpaired) electrons. The fourth-order valence-corrected chi connectivity index (χ4v) is 2.84. The summed E-state index contributed by atoms with van der Waals surface area (Å²) in [6, 6.07) is 5.54. The summed E-state index contributed by atoms with van der Waals surface area (Å²) >= 11 is 0. The number of benzene rings is 1. The Bertz CT molecular complexity index is 763. The molecule has 3 rings (SSSR count). The number of hydrogen-bond acceptors (Lipinski definition) is 4. The van der Waals surface area contributed by atoms with Crippen molar-refractivity contribution in [1.29, 1.82) is 0 Å². The highest BCUT2D eigenvalue weighted by molar-refractivity contribution is 5.80. The number of aryl methyl sites for hydroxylation is 2. The van der Waals surface area contributed by atoms with Gasteiger partial charge in [-0.2, -0.15) is 0 Å². The van der Waals surface area contributed by atoms with Crippen molar-refractivity contribution >= 4 is 16.8 Å². The highest BCUT2D eigenvalue weighted by Gasteiger charge is 2.16. The maximum atomic E-state index is 12.4. The first-order valence-electron chi connectivity index (χ1n) is 7.98. The number of ether oxygens (including phenoxy) is 1. The number of amides is 1. The molecule has 0 spiro atoms. The van der Waals surface area contributed by atoms with E-state index in [1.807, 2.05) is 19.1 Å². The summed E-state index contributed by atoms with van der Waals surface area (Å²) in [5, 5.41) is 3.45. The Morgan fingerprint density at radius 2 is 2.35 bits per heavy atom. The molecule has 0 aliphatic carbocycles. The van der Waals surface area contributed by atoms with Crippen LogP contribution in [0.25, 0.3) is 10.9 Å². The zero-order valence-corrected chi connectivity index (χ0v) is 13.2. The number of para-hydroxylation sites is 1. The van der Waals surface area contributed by atoms with E-state index in [0.29, 0.717) is 18.5 Å². The molecule has 1 aromatic heterocycles. The van der Waals surface area contributed by atoms with Crippen molar-refractivity contribution in [2.75, 3.05) is 13.2 Å². The Labute approximate surface area is 134 Å². The third-order valence-electron chi connectivity index (χ3n) is 4.19. The minimum atomic E-state index is -0.106. The number of nitrogens with zero attached hydrogens (tertiary/aromatic N) is 2. The average Bonchev–Trinajstić information content (AvgIpc) is 3.06. The van der Waals surface area contributed by atoms with E-state index in [1.54, 1.807) is 6.07 Å². The van der Waals surface area contributed by atoms with E-state index in [1.165, 1.54) is 10.9 Å². The number of fused-ring (bicyclic) bond motifs is 1. The Hall–Kier alpha value is -2.21. The molecule has 23 heavy (non-hydrogen) atoms. The molecule has 0 bridgehead atoms. The summed E-state index contributed by atoms with van der Waals surface area (Å²) in [6.45, 7) is 3.58. The minimum absolute atomic E-state index is 0.0725. The van der Waals surface area contributed by atoms with Crippen LogP contribution >= 0.6 is 0 Å². The quantitative estimate of drug-likeness (QED) is 0.905. The molecule has 2 aromatic rings. The summed E-state index contributed by atoms with van der Waals surface area (Å²) in [5.41, 5.74) is 1.59. The van der Waals surface area contributed by atoms with Crippen LogP contribution in [0, 0.1) is 6.92 Å². The molecule has 1 aliphatic rings. The lowest BCUT2D eigenvalue weighted by Crippen LogP contribution is -2.33. The van der Waals surface area contributed by atoms with Crippen molar-refractivity contribution < 1.29 is 9.53 Å². The number of hydrogen-bond donors (Lipinski definition) is 1.